The molecule has 0 saturated heterocycles. The molecular formula is C24H20BO3P. The van der Waals surface area contributed by atoms with Gasteiger partial charge in [0.25, 0.3) is 0 Å². The molecule has 5 heteroatoms. The molecule has 142 valence electrons. The highest BCUT2D eigenvalue weighted by molar-refractivity contribution is 7.27. The summed E-state index contributed by atoms with van der Waals surface area (Å²) in [5.41, 5.74) is 0. The van der Waals surface area contributed by atoms with Crippen molar-refractivity contribution in [1.82, 2.24) is 0 Å². The third-order valence-electron chi connectivity index (χ3n) is 4.72. The molecule has 0 bridgehead atoms. The zero-order valence-corrected chi connectivity index (χ0v) is 16.8. The quantitative estimate of drug-likeness (QED) is 0.197. The highest BCUT2D eigenvalue weighted by atomic mass is 31.0. The Hall–Kier alpha value is -2.91. The number of benzene rings is 5. The Morgan fingerprint density at radius 3 is 1.90 bits per heavy atom. The molecule has 0 heterocycles. The van der Waals surface area contributed by atoms with Crippen LogP contribution >= 0.6 is 9.24 Å². The summed E-state index contributed by atoms with van der Waals surface area (Å²) in [5, 5.41) is 25.9. The van der Waals surface area contributed by atoms with Crippen LogP contribution < -0.4 is 9.96 Å². The fourth-order valence-corrected chi connectivity index (χ4v) is 3.65. The second kappa shape index (κ2) is 8.63. The highest BCUT2D eigenvalue weighted by Gasteiger charge is 2.15. The minimum absolute atomic E-state index is 0.466. The van der Waals surface area contributed by atoms with E-state index in [1.807, 2.05) is 60.7 Å². The largest absolute Gasteiger partial charge is 0.707 e. The Morgan fingerprint density at radius 2 is 1.24 bits per heavy atom. The molecule has 5 rings (SSSR count). The Bertz CT molecular complexity index is 1270. The summed E-state index contributed by atoms with van der Waals surface area (Å²) in [6.45, 7) is 0. The maximum Gasteiger partial charge on any atom is 0.707 e. The normalized spacial score (nSPS) is 10.6. The van der Waals surface area contributed by atoms with Crippen molar-refractivity contribution in [2.45, 2.75) is 0 Å². The second-order valence-electron chi connectivity index (χ2n) is 6.70. The molecule has 0 aliphatic carbocycles. The van der Waals surface area contributed by atoms with E-state index < -0.39 is 7.32 Å². The van der Waals surface area contributed by atoms with Crippen LogP contribution in [0.3, 0.4) is 0 Å². The van der Waals surface area contributed by atoms with E-state index in [-0.39, 0.29) is 0 Å². The minimum Gasteiger partial charge on any atom is -0.511 e. The molecule has 5 aromatic carbocycles. The van der Waals surface area contributed by atoms with Gasteiger partial charge in [0, 0.05) is 5.39 Å². The van der Waals surface area contributed by atoms with Gasteiger partial charge in [-0.1, -0.05) is 78.9 Å². The van der Waals surface area contributed by atoms with Gasteiger partial charge in [-0.3, -0.25) is 0 Å². The van der Waals surface area contributed by atoms with Gasteiger partial charge in [-0.2, -0.15) is 0 Å². The van der Waals surface area contributed by atoms with E-state index in [9.17, 15) is 0 Å². The second-order valence-corrected chi connectivity index (χ2v) is 7.36. The van der Waals surface area contributed by atoms with Gasteiger partial charge in [0.05, 0.1) is 0 Å². The SMILES string of the molecule is OB(O)Oc1cccc2ccc3cc4ccccc4cc3c12.Pc1ccccc1. The van der Waals surface area contributed by atoms with Crippen LogP contribution in [0.4, 0.5) is 0 Å². The summed E-state index contributed by atoms with van der Waals surface area (Å²) in [6.07, 6.45) is 0. The lowest BCUT2D eigenvalue weighted by Gasteiger charge is -2.12. The van der Waals surface area contributed by atoms with Crippen LogP contribution in [0.1, 0.15) is 0 Å². The third kappa shape index (κ3) is 4.41. The number of hydrogen-bond donors (Lipinski definition) is 2. The van der Waals surface area contributed by atoms with Crippen LogP contribution in [0, 0.1) is 0 Å². The zero-order chi connectivity index (χ0) is 20.2. The van der Waals surface area contributed by atoms with Gasteiger partial charge in [0.2, 0.25) is 0 Å². The molecule has 0 aliphatic heterocycles. The average Bonchev–Trinajstić information content (AvgIpc) is 2.73. The summed E-state index contributed by atoms with van der Waals surface area (Å²) >= 11 is 0. The zero-order valence-electron chi connectivity index (χ0n) is 15.7. The highest BCUT2D eigenvalue weighted by Crippen LogP contribution is 2.35. The molecular weight excluding hydrogens is 378 g/mol. The molecule has 29 heavy (non-hydrogen) atoms. The summed E-state index contributed by atoms with van der Waals surface area (Å²) in [6, 6.07) is 32.2. The van der Waals surface area contributed by atoms with E-state index >= 15 is 0 Å². The van der Waals surface area contributed by atoms with E-state index in [0.29, 0.717) is 5.75 Å². The Kier molecular flexibility index (Phi) is 5.78. The standard InChI is InChI=1S/C18H13BO3.C6H7P/c20-19(21)22-17-7-3-6-12-8-9-15-10-13-4-1-2-5-14(13)11-16(15)18(12)17;7-6-4-2-1-3-5-6/h1-11,20-21H;1-5H,7H2. The van der Waals surface area contributed by atoms with Crippen LogP contribution in [-0.2, 0) is 0 Å². The first-order valence-corrected chi connectivity index (χ1v) is 9.87. The van der Waals surface area contributed by atoms with Crippen molar-refractivity contribution in [2.75, 3.05) is 0 Å². The molecule has 0 amide bonds. The molecule has 2 N–H and O–H groups in total. The lowest BCUT2D eigenvalue weighted by atomic mass is 9.97. The molecule has 0 aromatic heterocycles. The molecule has 3 nitrogen and oxygen atoms in total. The maximum absolute atomic E-state index is 9.14. The molecule has 5 aromatic rings. The Balaban J connectivity index is 0.000000249. The molecule has 1 unspecified atom stereocenters. The van der Waals surface area contributed by atoms with E-state index in [1.54, 1.807) is 6.07 Å². The van der Waals surface area contributed by atoms with E-state index in [0.717, 1.165) is 26.9 Å². The predicted molar refractivity (Wildman–Crippen MR) is 126 cm³/mol. The number of hydrogen-bond acceptors (Lipinski definition) is 3. The van der Waals surface area contributed by atoms with Gasteiger partial charge < -0.3 is 14.7 Å². The Morgan fingerprint density at radius 1 is 0.621 bits per heavy atom. The van der Waals surface area contributed by atoms with E-state index in [2.05, 4.69) is 39.6 Å². The van der Waals surface area contributed by atoms with Crippen molar-refractivity contribution in [1.29, 1.82) is 0 Å². The van der Waals surface area contributed by atoms with Crippen molar-refractivity contribution < 1.29 is 14.7 Å². The van der Waals surface area contributed by atoms with Crippen molar-refractivity contribution in [3.05, 3.63) is 97.1 Å². The monoisotopic (exact) mass is 398 g/mol. The topological polar surface area (TPSA) is 49.7 Å². The van der Waals surface area contributed by atoms with Crippen LogP contribution in [0.25, 0.3) is 32.3 Å². The molecule has 0 fully saturated rings. The van der Waals surface area contributed by atoms with Crippen LogP contribution in [-0.4, -0.2) is 17.4 Å². The molecule has 0 saturated carbocycles. The summed E-state index contributed by atoms with van der Waals surface area (Å²) < 4.78 is 5.16. The first kappa shape index (κ1) is 19.4. The van der Waals surface area contributed by atoms with Gasteiger partial charge in [-0.25, -0.2) is 0 Å². The lowest BCUT2D eigenvalue weighted by Crippen LogP contribution is -2.20. The lowest BCUT2D eigenvalue weighted by molar-refractivity contribution is 0.289. The minimum atomic E-state index is -1.83. The summed E-state index contributed by atoms with van der Waals surface area (Å²) in [5.74, 6) is 0.466. The van der Waals surface area contributed by atoms with Gasteiger partial charge in [0.15, 0.2) is 0 Å². The van der Waals surface area contributed by atoms with E-state index in [4.69, 9.17) is 14.7 Å². The van der Waals surface area contributed by atoms with Gasteiger partial charge in [-0.15, -0.1) is 9.24 Å². The first-order chi connectivity index (χ1) is 14.1. The van der Waals surface area contributed by atoms with Crippen LogP contribution in [0.5, 0.6) is 5.75 Å². The van der Waals surface area contributed by atoms with Crippen LogP contribution in [0.2, 0.25) is 0 Å². The van der Waals surface area contributed by atoms with Gasteiger partial charge in [-0.05, 0) is 50.4 Å². The fourth-order valence-electron chi connectivity index (χ4n) is 3.43. The first-order valence-electron chi connectivity index (χ1n) is 9.29. The summed E-state index contributed by atoms with van der Waals surface area (Å²) in [4.78, 5) is 0. The van der Waals surface area contributed by atoms with Crippen molar-refractivity contribution in [2.24, 2.45) is 0 Å². The fraction of sp³-hybridized carbons (Fsp3) is 0. The van der Waals surface area contributed by atoms with Crippen molar-refractivity contribution >= 4 is 54.2 Å². The van der Waals surface area contributed by atoms with Crippen LogP contribution in [0.15, 0.2) is 97.1 Å². The van der Waals surface area contributed by atoms with Crippen molar-refractivity contribution in [3.63, 3.8) is 0 Å². The number of rotatable bonds is 2. The number of fused-ring (bicyclic) bond motifs is 4. The molecule has 0 radical (unpaired) electrons. The molecule has 1 atom stereocenters. The Labute approximate surface area is 171 Å². The molecule has 0 spiro atoms. The maximum atomic E-state index is 9.14. The van der Waals surface area contributed by atoms with Crippen molar-refractivity contribution in [3.8, 4) is 5.75 Å². The van der Waals surface area contributed by atoms with Gasteiger partial charge >= 0.3 is 7.32 Å². The summed E-state index contributed by atoms with van der Waals surface area (Å²) in [7, 11) is 0.797. The molecule has 0 aliphatic rings. The average molecular weight is 398 g/mol. The van der Waals surface area contributed by atoms with Gasteiger partial charge in [0.1, 0.15) is 5.75 Å². The third-order valence-corrected chi connectivity index (χ3v) is 5.10. The smallest absolute Gasteiger partial charge is 0.511 e. The predicted octanol–water partition coefficient (Wildman–Crippen LogP) is 4.68. The van der Waals surface area contributed by atoms with E-state index in [1.165, 1.54) is 10.7 Å².